The summed E-state index contributed by atoms with van der Waals surface area (Å²) in [7, 11) is -1.30. The average Bonchev–Trinajstić information content (AvgIpc) is 3.28. The number of rotatable bonds is 2. The number of halogens is 4. The number of thiophene rings is 2. The standard InChI is InChI=1S/C24H10I4OS3/c25-11-1-3-15-17(5-11)30-19-7-13(27)9-21(23(15)19)32(29)22-10-14(28)8-20-24(22)16-4-2-12(26)6-18(16)31-20/h1-10H. The van der Waals surface area contributed by atoms with E-state index in [1.807, 2.05) is 0 Å². The van der Waals surface area contributed by atoms with Gasteiger partial charge in [0.05, 0.1) is 20.6 Å². The van der Waals surface area contributed by atoms with Crippen LogP contribution in [0.3, 0.4) is 0 Å². The van der Waals surface area contributed by atoms with Crippen molar-refractivity contribution in [2.45, 2.75) is 9.79 Å². The molecule has 0 spiro atoms. The van der Waals surface area contributed by atoms with Crippen LogP contribution in [0, 0.1) is 14.3 Å². The summed E-state index contributed by atoms with van der Waals surface area (Å²) in [4.78, 5) is 1.82. The maximum Gasteiger partial charge on any atom is 0.0864 e. The first kappa shape index (κ1) is 22.8. The van der Waals surface area contributed by atoms with Crippen molar-refractivity contribution in [2.75, 3.05) is 0 Å². The molecule has 6 rings (SSSR count). The first-order chi connectivity index (χ1) is 15.4. The SMILES string of the molecule is O=S(c1cc(I)cc2sc3cc(I)ccc3c12)c1cc(I)cc2sc3cc(I)ccc3c12. The number of fused-ring (bicyclic) bond motifs is 6. The number of hydrogen-bond donors (Lipinski definition) is 0. The summed E-state index contributed by atoms with van der Waals surface area (Å²) in [6, 6.07) is 21.7. The van der Waals surface area contributed by atoms with Gasteiger partial charge in [-0.3, -0.25) is 0 Å². The van der Waals surface area contributed by atoms with E-state index in [1.165, 1.54) is 36.7 Å². The molecule has 8 heteroatoms. The number of benzene rings is 4. The molecule has 1 nitrogen and oxygen atoms in total. The van der Waals surface area contributed by atoms with Crippen molar-refractivity contribution in [3.63, 3.8) is 0 Å². The van der Waals surface area contributed by atoms with E-state index in [-0.39, 0.29) is 0 Å². The van der Waals surface area contributed by atoms with Crippen LogP contribution in [0.2, 0.25) is 0 Å². The van der Waals surface area contributed by atoms with E-state index in [0.29, 0.717) is 0 Å². The molecule has 0 aliphatic heterocycles. The van der Waals surface area contributed by atoms with Gasteiger partial charge in [0.1, 0.15) is 0 Å². The summed E-state index contributed by atoms with van der Waals surface area (Å²) < 4.78 is 23.9. The fourth-order valence-corrected chi connectivity index (χ4v) is 11.6. The molecule has 0 saturated heterocycles. The third-order valence-corrected chi connectivity index (χ3v) is 11.6. The normalized spacial score (nSPS) is 12.2. The molecule has 32 heavy (non-hydrogen) atoms. The Hall–Kier alpha value is 0.390. The molecule has 0 bridgehead atoms. The van der Waals surface area contributed by atoms with Gasteiger partial charge in [-0.15, -0.1) is 22.7 Å². The van der Waals surface area contributed by atoms with Gasteiger partial charge in [-0.25, -0.2) is 4.21 Å². The van der Waals surface area contributed by atoms with Gasteiger partial charge in [-0.05, 0) is 139 Å². The molecule has 158 valence electrons. The average molecular weight is 918 g/mol. The molecular formula is C24H10I4OS3. The van der Waals surface area contributed by atoms with Crippen molar-refractivity contribution in [1.82, 2.24) is 0 Å². The molecule has 0 atom stereocenters. The Kier molecular flexibility index (Phi) is 6.28. The van der Waals surface area contributed by atoms with Crippen LogP contribution in [0.4, 0.5) is 0 Å². The van der Waals surface area contributed by atoms with Gasteiger partial charge in [0.2, 0.25) is 0 Å². The van der Waals surface area contributed by atoms with E-state index < -0.39 is 10.8 Å². The topological polar surface area (TPSA) is 17.1 Å². The summed E-state index contributed by atoms with van der Waals surface area (Å²) >= 11 is 13.0. The first-order valence-corrected chi connectivity index (χ1v) is 16.5. The van der Waals surface area contributed by atoms with Crippen molar-refractivity contribution in [3.8, 4) is 0 Å². The molecule has 0 radical (unpaired) electrons. The van der Waals surface area contributed by atoms with Crippen molar-refractivity contribution in [1.29, 1.82) is 0 Å². The molecule has 0 fully saturated rings. The van der Waals surface area contributed by atoms with Crippen LogP contribution in [0.1, 0.15) is 0 Å². The third-order valence-electron chi connectivity index (χ3n) is 5.33. The lowest BCUT2D eigenvalue weighted by molar-refractivity contribution is 0.684. The smallest absolute Gasteiger partial charge is 0.0864 e. The molecule has 0 saturated carbocycles. The molecule has 0 amide bonds. The molecule has 2 heterocycles. The highest BCUT2D eigenvalue weighted by atomic mass is 127. The predicted molar refractivity (Wildman–Crippen MR) is 174 cm³/mol. The molecule has 0 aliphatic rings. The summed E-state index contributed by atoms with van der Waals surface area (Å²) in [6.07, 6.45) is 0. The summed E-state index contributed by atoms with van der Waals surface area (Å²) in [6.45, 7) is 0. The molecule has 2 aromatic heterocycles. The van der Waals surface area contributed by atoms with Crippen molar-refractivity contribution in [2.24, 2.45) is 0 Å². The van der Waals surface area contributed by atoms with Crippen LogP contribution >= 0.6 is 113 Å². The molecule has 0 unspecified atom stereocenters. The summed E-state index contributed by atoms with van der Waals surface area (Å²) in [5, 5.41) is 4.64. The zero-order valence-electron chi connectivity index (χ0n) is 15.9. The Morgan fingerprint density at radius 1 is 0.531 bits per heavy atom. The zero-order valence-corrected chi connectivity index (χ0v) is 27.0. The van der Waals surface area contributed by atoms with Crippen LogP contribution in [0.5, 0.6) is 0 Å². The largest absolute Gasteiger partial charge is 0.249 e. The van der Waals surface area contributed by atoms with Gasteiger partial charge in [-0.2, -0.15) is 0 Å². The van der Waals surface area contributed by atoms with Crippen molar-refractivity contribution in [3.05, 3.63) is 74.9 Å². The maximum absolute atomic E-state index is 14.3. The highest BCUT2D eigenvalue weighted by Crippen LogP contribution is 2.43. The molecule has 4 aromatic carbocycles. The van der Waals surface area contributed by atoms with Gasteiger partial charge in [0, 0.05) is 54.6 Å². The van der Waals surface area contributed by atoms with E-state index in [2.05, 4.69) is 151 Å². The Morgan fingerprint density at radius 2 is 0.938 bits per heavy atom. The van der Waals surface area contributed by atoms with E-state index in [9.17, 15) is 4.21 Å². The monoisotopic (exact) mass is 918 g/mol. The quantitative estimate of drug-likeness (QED) is 0.158. The van der Waals surface area contributed by atoms with Crippen LogP contribution in [0.25, 0.3) is 40.3 Å². The van der Waals surface area contributed by atoms with E-state index in [4.69, 9.17) is 0 Å². The fourth-order valence-electron chi connectivity index (χ4n) is 4.03. The second kappa shape index (κ2) is 8.80. The lowest BCUT2D eigenvalue weighted by Gasteiger charge is -2.09. The highest BCUT2D eigenvalue weighted by Gasteiger charge is 2.21. The Morgan fingerprint density at radius 3 is 1.38 bits per heavy atom. The minimum absolute atomic E-state index is 0.910. The molecule has 6 aromatic rings. The maximum atomic E-state index is 14.3. The summed E-state index contributed by atoms with van der Waals surface area (Å²) in [5.74, 6) is 0. The van der Waals surface area contributed by atoms with E-state index in [1.54, 1.807) is 22.7 Å². The van der Waals surface area contributed by atoms with Gasteiger partial charge >= 0.3 is 0 Å². The van der Waals surface area contributed by atoms with Crippen LogP contribution < -0.4 is 0 Å². The Bertz CT molecular complexity index is 1620. The predicted octanol–water partition coefficient (Wildman–Crippen LogP) is 10.0. The minimum atomic E-state index is -1.30. The first-order valence-electron chi connectivity index (χ1n) is 9.43. The second-order valence-corrected chi connectivity index (χ2v) is 15.9. The zero-order chi connectivity index (χ0) is 22.1. The van der Waals surface area contributed by atoms with Gasteiger partial charge in [0.25, 0.3) is 0 Å². The molecular weight excluding hydrogens is 908 g/mol. The van der Waals surface area contributed by atoms with Crippen LogP contribution in [-0.2, 0) is 10.8 Å². The molecule has 0 aliphatic carbocycles. The van der Waals surface area contributed by atoms with Crippen LogP contribution in [0.15, 0.2) is 70.5 Å². The van der Waals surface area contributed by atoms with Gasteiger partial charge in [-0.1, -0.05) is 12.1 Å². The Labute approximate surface area is 249 Å². The fraction of sp³-hybridized carbons (Fsp3) is 0. The molecule has 0 N–H and O–H groups in total. The Balaban J connectivity index is 1.69. The second-order valence-electron chi connectivity index (χ2n) is 7.31. The minimum Gasteiger partial charge on any atom is -0.249 e. The van der Waals surface area contributed by atoms with Gasteiger partial charge in [0.15, 0.2) is 0 Å². The highest BCUT2D eigenvalue weighted by molar-refractivity contribution is 14.1. The van der Waals surface area contributed by atoms with E-state index in [0.717, 1.165) is 27.7 Å². The van der Waals surface area contributed by atoms with Crippen LogP contribution in [-0.4, -0.2) is 4.21 Å². The van der Waals surface area contributed by atoms with Crippen molar-refractivity contribution < 1.29 is 4.21 Å². The lowest BCUT2D eigenvalue weighted by Crippen LogP contribution is -1.96. The van der Waals surface area contributed by atoms with E-state index >= 15 is 0 Å². The summed E-state index contributed by atoms with van der Waals surface area (Å²) in [5.41, 5.74) is 0. The third kappa shape index (κ3) is 3.87. The number of hydrogen-bond acceptors (Lipinski definition) is 3. The van der Waals surface area contributed by atoms with Crippen molar-refractivity contribution >= 4 is 164 Å². The van der Waals surface area contributed by atoms with Gasteiger partial charge < -0.3 is 0 Å². The lowest BCUT2D eigenvalue weighted by atomic mass is 10.1.